The summed E-state index contributed by atoms with van der Waals surface area (Å²) in [5.41, 5.74) is 1.96. The SMILES string of the molecule is CCCCC[C@H]1CC[C@H](c2ncc(-c3ncc(C)cn3)cn2)CC1. The Balaban J connectivity index is 1.56. The van der Waals surface area contributed by atoms with Crippen LogP contribution in [0.2, 0.25) is 0 Å². The van der Waals surface area contributed by atoms with Crippen LogP contribution >= 0.6 is 0 Å². The minimum Gasteiger partial charge on any atom is -0.240 e. The van der Waals surface area contributed by atoms with Crippen LogP contribution in [0, 0.1) is 12.8 Å². The van der Waals surface area contributed by atoms with E-state index in [1.807, 2.05) is 31.7 Å². The lowest BCUT2D eigenvalue weighted by atomic mass is 9.79. The fourth-order valence-electron chi connectivity index (χ4n) is 3.60. The zero-order valence-corrected chi connectivity index (χ0v) is 14.9. The molecule has 3 rings (SSSR count). The summed E-state index contributed by atoms with van der Waals surface area (Å²) >= 11 is 0. The van der Waals surface area contributed by atoms with E-state index in [4.69, 9.17) is 0 Å². The number of aryl methyl sites for hydroxylation is 1. The van der Waals surface area contributed by atoms with Crippen molar-refractivity contribution in [3.8, 4) is 11.4 Å². The normalized spacial score (nSPS) is 20.9. The summed E-state index contributed by atoms with van der Waals surface area (Å²) in [5.74, 6) is 3.15. The highest BCUT2D eigenvalue weighted by atomic mass is 14.9. The van der Waals surface area contributed by atoms with Gasteiger partial charge in [-0.25, -0.2) is 19.9 Å². The Hall–Kier alpha value is -1.84. The van der Waals surface area contributed by atoms with Crippen molar-refractivity contribution in [3.05, 3.63) is 36.2 Å². The van der Waals surface area contributed by atoms with Crippen LogP contribution in [-0.4, -0.2) is 19.9 Å². The van der Waals surface area contributed by atoms with Gasteiger partial charge in [0.15, 0.2) is 5.82 Å². The number of hydrogen-bond donors (Lipinski definition) is 0. The van der Waals surface area contributed by atoms with Crippen LogP contribution in [0.25, 0.3) is 11.4 Å². The summed E-state index contributed by atoms with van der Waals surface area (Å²) in [6, 6.07) is 0. The van der Waals surface area contributed by atoms with Gasteiger partial charge >= 0.3 is 0 Å². The Morgan fingerprint density at radius 1 is 0.875 bits per heavy atom. The fourth-order valence-corrected chi connectivity index (χ4v) is 3.60. The molecule has 1 aliphatic rings. The van der Waals surface area contributed by atoms with Crippen LogP contribution in [0.1, 0.15) is 75.6 Å². The third-order valence-electron chi connectivity index (χ3n) is 5.14. The van der Waals surface area contributed by atoms with E-state index in [0.717, 1.165) is 22.9 Å². The van der Waals surface area contributed by atoms with Gasteiger partial charge in [-0.3, -0.25) is 0 Å². The smallest absolute Gasteiger partial charge is 0.162 e. The van der Waals surface area contributed by atoms with E-state index in [1.165, 1.54) is 51.4 Å². The van der Waals surface area contributed by atoms with E-state index < -0.39 is 0 Å². The predicted molar refractivity (Wildman–Crippen MR) is 96.6 cm³/mol. The second-order valence-corrected chi connectivity index (χ2v) is 7.13. The first-order valence-electron chi connectivity index (χ1n) is 9.37. The van der Waals surface area contributed by atoms with Crippen molar-refractivity contribution in [2.24, 2.45) is 5.92 Å². The number of hydrogen-bond acceptors (Lipinski definition) is 4. The molecule has 1 aliphatic carbocycles. The van der Waals surface area contributed by atoms with Gasteiger partial charge < -0.3 is 0 Å². The number of aromatic nitrogens is 4. The maximum absolute atomic E-state index is 4.61. The minimum absolute atomic E-state index is 0.528. The predicted octanol–water partition coefficient (Wildman–Crippen LogP) is 5.10. The molecule has 0 atom stereocenters. The highest BCUT2D eigenvalue weighted by Gasteiger charge is 2.23. The summed E-state index contributed by atoms with van der Waals surface area (Å²) in [4.78, 5) is 17.9. The molecule has 0 radical (unpaired) electrons. The third kappa shape index (κ3) is 4.37. The molecule has 1 fully saturated rings. The van der Waals surface area contributed by atoms with Crippen LogP contribution in [0.5, 0.6) is 0 Å². The van der Waals surface area contributed by atoms with Crippen molar-refractivity contribution in [1.29, 1.82) is 0 Å². The fraction of sp³-hybridized carbons (Fsp3) is 0.600. The first-order chi connectivity index (χ1) is 11.8. The summed E-state index contributed by atoms with van der Waals surface area (Å²) in [6.45, 7) is 4.27. The van der Waals surface area contributed by atoms with Crippen LogP contribution in [0.4, 0.5) is 0 Å². The number of rotatable bonds is 6. The molecule has 4 heteroatoms. The van der Waals surface area contributed by atoms with Crippen molar-refractivity contribution >= 4 is 0 Å². The minimum atomic E-state index is 0.528. The lowest BCUT2D eigenvalue weighted by Gasteiger charge is -2.27. The Kier molecular flexibility index (Phi) is 5.89. The molecule has 0 amide bonds. The van der Waals surface area contributed by atoms with E-state index in [1.54, 1.807) is 0 Å². The highest BCUT2D eigenvalue weighted by Crippen LogP contribution is 2.36. The zero-order valence-electron chi connectivity index (χ0n) is 14.9. The van der Waals surface area contributed by atoms with Crippen LogP contribution in [0.15, 0.2) is 24.8 Å². The van der Waals surface area contributed by atoms with Gasteiger partial charge in [-0.1, -0.05) is 32.6 Å². The average molecular weight is 324 g/mol. The van der Waals surface area contributed by atoms with Crippen molar-refractivity contribution in [2.75, 3.05) is 0 Å². The largest absolute Gasteiger partial charge is 0.240 e. The van der Waals surface area contributed by atoms with Gasteiger partial charge in [-0.05, 0) is 44.1 Å². The molecule has 4 nitrogen and oxygen atoms in total. The monoisotopic (exact) mass is 324 g/mol. The maximum atomic E-state index is 4.61. The maximum Gasteiger partial charge on any atom is 0.162 e. The first-order valence-corrected chi connectivity index (χ1v) is 9.37. The lowest BCUT2D eigenvalue weighted by Crippen LogP contribution is -2.15. The molecule has 0 spiro atoms. The molecular weight excluding hydrogens is 296 g/mol. The molecule has 2 heterocycles. The molecule has 2 aromatic heterocycles. The van der Waals surface area contributed by atoms with E-state index >= 15 is 0 Å². The standard InChI is InChI=1S/C20H28N4/c1-3-4-5-6-16-7-9-17(10-8-16)19-23-13-18(14-24-19)20-21-11-15(2)12-22-20/h11-14,16-17H,3-10H2,1-2H3/t16-,17-. The average Bonchev–Trinajstić information content (AvgIpc) is 2.63. The van der Waals surface area contributed by atoms with E-state index in [0.29, 0.717) is 11.7 Å². The summed E-state index contributed by atoms with van der Waals surface area (Å²) in [7, 11) is 0. The van der Waals surface area contributed by atoms with Gasteiger partial charge in [0.1, 0.15) is 5.82 Å². The lowest BCUT2D eigenvalue weighted by molar-refractivity contribution is 0.297. The van der Waals surface area contributed by atoms with Gasteiger partial charge in [0, 0.05) is 30.7 Å². The molecule has 0 unspecified atom stereocenters. The van der Waals surface area contributed by atoms with E-state index in [9.17, 15) is 0 Å². The molecule has 0 aromatic carbocycles. The molecule has 1 saturated carbocycles. The molecular formula is C20H28N4. The first kappa shape index (κ1) is 17.0. The van der Waals surface area contributed by atoms with E-state index in [2.05, 4.69) is 26.9 Å². The van der Waals surface area contributed by atoms with Crippen LogP contribution < -0.4 is 0 Å². The Bertz CT molecular complexity index is 613. The summed E-state index contributed by atoms with van der Waals surface area (Å²) < 4.78 is 0. The molecule has 0 saturated heterocycles. The van der Waals surface area contributed by atoms with Gasteiger partial charge in [0.05, 0.1) is 5.56 Å². The van der Waals surface area contributed by atoms with Crippen LogP contribution in [-0.2, 0) is 0 Å². The second-order valence-electron chi connectivity index (χ2n) is 7.13. The number of unbranched alkanes of at least 4 members (excludes halogenated alkanes) is 2. The molecule has 0 bridgehead atoms. The molecule has 128 valence electrons. The van der Waals surface area contributed by atoms with Crippen LogP contribution in [0.3, 0.4) is 0 Å². The Morgan fingerprint density at radius 3 is 2.17 bits per heavy atom. The van der Waals surface area contributed by atoms with Gasteiger partial charge in [-0.2, -0.15) is 0 Å². The van der Waals surface area contributed by atoms with Crippen molar-refractivity contribution < 1.29 is 0 Å². The van der Waals surface area contributed by atoms with Crippen molar-refractivity contribution in [1.82, 2.24) is 19.9 Å². The van der Waals surface area contributed by atoms with Crippen molar-refractivity contribution in [2.45, 2.75) is 71.1 Å². The third-order valence-corrected chi connectivity index (χ3v) is 5.14. The molecule has 24 heavy (non-hydrogen) atoms. The van der Waals surface area contributed by atoms with Gasteiger partial charge in [0.25, 0.3) is 0 Å². The Morgan fingerprint density at radius 2 is 1.54 bits per heavy atom. The van der Waals surface area contributed by atoms with Gasteiger partial charge in [-0.15, -0.1) is 0 Å². The molecule has 2 aromatic rings. The number of nitrogens with zero attached hydrogens (tertiary/aromatic N) is 4. The topological polar surface area (TPSA) is 51.6 Å². The van der Waals surface area contributed by atoms with Gasteiger partial charge in [0.2, 0.25) is 0 Å². The quantitative estimate of drug-likeness (QED) is 0.694. The highest BCUT2D eigenvalue weighted by molar-refractivity contribution is 5.51. The summed E-state index contributed by atoms with van der Waals surface area (Å²) in [6.07, 6.45) is 18.0. The Labute approximate surface area is 145 Å². The molecule has 0 aliphatic heterocycles. The van der Waals surface area contributed by atoms with Crippen molar-refractivity contribution in [3.63, 3.8) is 0 Å². The molecule has 0 N–H and O–H groups in total. The summed E-state index contributed by atoms with van der Waals surface area (Å²) in [5, 5.41) is 0. The second kappa shape index (κ2) is 8.32. The van der Waals surface area contributed by atoms with E-state index in [-0.39, 0.29) is 0 Å². The zero-order chi connectivity index (χ0) is 16.8.